The molecule has 0 spiro atoms. The van der Waals surface area contributed by atoms with Gasteiger partial charge in [-0.3, -0.25) is 4.90 Å². The molecule has 2 aliphatic heterocycles. The molecule has 0 aliphatic carbocycles. The van der Waals surface area contributed by atoms with E-state index in [-0.39, 0.29) is 6.03 Å². The number of nitrogens with one attached hydrogen (secondary N) is 1. The Morgan fingerprint density at radius 2 is 2.25 bits per heavy atom. The normalized spacial score (nSPS) is 30.2. The highest BCUT2D eigenvalue weighted by molar-refractivity contribution is 5.74. The molecule has 0 saturated carbocycles. The molecule has 2 saturated heterocycles. The van der Waals surface area contributed by atoms with E-state index in [1.54, 1.807) is 0 Å². The van der Waals surface area contributed by atoms with Crippen LogP contribution in [0.25, 0.3) is 0 Å². The van der Waals surface area contributed by atoms with Gasteiger partial charge >= 0.3 is 6.03 Å². The van der Waals surface area contributed by atoms with Crippen molar-refractivity contribution in [1.29, 1.82) is 0 Å². The topological polar surface area (TPSA) is 35.6 Å². The molecule has 0 aromatic heterocycles. The molecule has 0 aromatic rings. The second kappa shape index (κ2) is 5.04. The number of urea groups is 1. The van der Waals surface area contributed by atoms with E-state index in [1.807, 2.05) is 4.90 Å². The Bertz CT molecular complexity index is 257. The molecule has 16 heavy (non-hydrogen) atoms. The zero-order valence-corrected chi connectivity index (χ0v) is 10.4. The number of carbonyl (C=O) groups is 1. The van der Waals surface area contributed by atoms with Crippen molar-refractivity contribution < 1.29 is 4.79 Å². The van der Waals surface area contributed by atoms with Crippen molar-refractivity contribution in [2.24, 2.45) is 0 Å². The van der Waals surface area contributed by atoms with Gasteiger partial charge in [0.15, 0.2) is 0 Å². The summed E-state index contributed by atoms with van der Waals surface area (Å²) in [5.41, 5.74) is 0. The molecule has 0 radical (unpaired) electrons. The van der Waals surface area contributed by atoms with Crippen molar-refractivity contribution in [3.63, 3.8) is 0 Å². The van der Waals surface area contributed by atoms with Crippen molar-refractivity contribution >= 4 is 6.03 Å². The van der Waals surface area contributed by atoms with Crippen LogP contribution in [0.4, 0.5) is 4.79 Å². The molecule has 4 nitrogen and oxygen atoms in total. The molecule has 0 bridgehead atoms. The van der Waals surface area contributed by atoms with E-state index in [9.17, 15) is 4.79 Å². The molecular weight excluding hydrogens is 202 g/mol. The van der Waals surface area contributed by atoms with E-state index in [2.05, 4.69) is 24.1 Å². The molecule has 1 N–H and O–H groups in total. The number of rotatable bonds is 2. The predicted molar refractivity (Wildman–Crippen MR) is 64.5 cm³/mol. The fraction of sp³-hybridized carbons (Fsp3) is 0.917. The highest BCUT2D eigenvalue weighted by Gasteiger charge is 2.36. The van der Waals surface area contributed by atoms with Gasteiger partial charge in [0, 0.05) is 31.7 Å². The first-order valence-corrected chi connectivity index (χ1v) is 6.51. The lowest BCUT2D eigenvalue weighted by atomic mass is 10.1. The van der Waals surface area contributed by atoms with Crippen LogP contribution in [-0.2, 0) is 0 Å². The maximum Gasteiger partial charge on any atom is 0.317 e. The summed E-state index contributed by atoms with van der Waals surface area (Å²) >= 11 is 0. The Kier molecular flexibility index (Phi) is 3.69. The van der Waals surface area contributed by atoms with E-state index in [4.69, 9.17) is 0 Å². The number of carbonyl (C=O) groups excluding carboxylic acids is 1. The largest absolute Gasteiger partial charge is 0.338 e. The molecule has 2 heterocycles. The second-order valence-corrected chi connectivity index (χ2v) is 5.02. The number of amides is 2. The number of nitrogens with zero attached hydrogens (tertiary/aromatic N) is 2. The highest BCUT2D eigenvalue weighted by atomic mass is 16.2. The molecule has 2 aliphatic rings. The second-order valence-electron chi connectivity index (χ2n) is 5.02. The molecule has 2 fully saturated rings. The van der Waals surface area contributed by atoms with E-state index < -0.39 is 0 Å². The number of hydrogen-bond donors (Lipinski definition) is 1. The maximum atomic E-state index is 12.0. The van der Waals surface area contributed by atoms with Gasteiger partial charge in [-0.15, -0.1) is 0 Å². The zero-order valence-electron chi connectivity index (χ0n) is 10.4. The van der Waals surface area contributed by atoms with Gasteiger partial charge in [-0.1, -0.05) is 6.92 Å². The van der Waals surface area contributed by atoms with Crippen LogP contribution in [0.2, 0.25) is 0 Å². The molecule has 2 atom stereocenters. The molecule has 2 unspecified atom stereocenters. The van der Waals surface area contributed by atoms with Gasteiger partial charge in [-0.05, 0) is 32.7 Å². The van der Waals surface area contributed by atoms with Crippen molar-refractivity contribution in [3.8, 4) is 0 Å². The van der Waals surface area contributed by atoms with Gasteiger partial charge in [0.05, 0.1) is 0 Å². The van der Waals surface area contributed by atoms with Crippen molar-refractivity contribution in [2.75, 3.05) is 26.2 Å². The van der Waals surface area contributed by atoms with Crippen molar-refractivity contribution in [3.05, 3.63) is 0 Å². The number of piperazine rings is 1. The van der Waals surface area contributed by atoms with Crippen molar-refractivity contribution in [2.45, 2.75) is 45.2 Å². The van der Waals surface area contributed by atoms with E-state index in [0.29, 0.717) is 12.1 Å². The first kappa shape index (κ1) is 11.7. The van der Waals surface area contributed by atoms with Crippen LogP contribution < -0.4 is 5.32 Å². The third-order valence-corrected chi connectivity index (χ3v) is 3.72. The summed E-state index contributed by atoms with van der Waals surface area (Å²) in [4.78, 5) is 16.5. The standard InChI is InChI=1S/C12H23N3O/c1-3-6-13-12(16)15-9-11-5-4-7-14(11)8-10(15)2/h10-11H,3-9H2,1-2H3,(H,13,16). The molecule has 92 valence electrons. The fourth-order valence-corrected chi connectivity index (χ4v) is 2.80. The number of fused-ring (bicyclic) bond motifs is 1. The molecule has 4 heteroatoms. The van der Waals surface area contributed by atoms with Crippen LogP contribution in [0.5, 0.6) is 0 Å². The first-order valence-electron chi connectivity index (χ1n) is 6.51. The summed E-state index contributed by atoms with van der Waals surface area (Å²) in [6, 6.07) is 1.09. The lowest BCUT2D eigenvalue weighted by Crippen LogP contribution is -2.58. The number of hydrogen-bond acceptors (Lipinski definition) is 2. The third kappa shape index (κ3) is 2.32. The lowest BCUT2D eigenvalue weighted by molar-refractivity contribution is 0.0804. The van der Waals surface area contributed by atoms with Crippen LogP contribution >= 0.6 is 0 Å². The van der Waals surface area contributed by atoms with E-state index >= 15 is 0 Å². The summed E-state index contributed by atoms with van der Waals surface area (Å²) in [7, 11) is 0. The Labute approximate surface area is 98.0 Å². The van der Waals surface area contributed by atoms with Gasteiger partial charge in [0.2, 0.25) is 0 Å². The van der Waals surface area contributed by atoms with Crippen LogP contribution in [0, 0.1) is 0 Å². The SMILES string of the molecule is CCCNC(=O)N1CC2CCCN2CC1C. The Hall–Kier alpha value is -0.770. The lowest BCUT2D eigenvalue weighted by Gasteiger charge is -2.42. The van der Waals surface area contributed by atoms with Crippen molar-refractivity contribution in [1.82, 2.24) is 15.1 Å². The molecule has 2 amide bonds. The highest BCUT2D eigenvalue weighted by Crippen LogP contribution is 2.24. The summed E-state index contributed by atoms with van der Waals surface area (Å²) < 4.78 is 0. The zero-order chi connectivity index (χ0) is 11.5. The third-order valence-electron chi connectivity index (χ3n) is 3.72. The molecule has 2 rings (SSSR count). The summed E-state index contributed by atoms with van der Waals surface area (Å²) in [5.74, 6) is 0. The summed E-state index contributed by atoms with van der Waals surface area (Å²) in [6.45, 7) is 8.20. The predicted octanol–water partition coefficient (Wildman–Crippen LogP) is 1.27. The summed E-state index contributed by atoms with van der Waals surface area (Å²) in [6.07, 6.45) is 3.55. The molecule has 0 aromatic carbocycles. The van der Waals surface area contributed by atoms with E-state index in [1.165, 1.54) is 19.4 Å². The summed E-state index contributed by atoms with van der Waals surface area (Å²) in [5, 5.41) is 2.98. The maximum absolute atomic E-state index is 12.0. The Morgan fingerprint density at radius 1 is 1.44 bits per heavy atom. The van der Waals surface area contributed by atoms with Crippen LogP contribution in [-0.4, -0.2) is 54.1 Å². The first-order chi connectivity index (χ1) is 7.72. The van der Waals surface area contributed by atoms with Gasteiger partial charge < -0.3 is 10.2 Å². The van der Waals surface area contributed by atoms with Gasteiger partial charge in [-0.2, -0.15) is 0 Å². The molecular formula is C12H23N3O. The Morgan fingerprint density at radius 3 is 3.00 bits per heavy atom. The van der Waals surface area contributed by atoms with Crippen LogP contribution in [0.15, 0.2) is 0 Å². The minimum atomic E-state index is 0.126. The Balaban J connectivity index is 1.91. The average Bonchev–Trinajstić information content (AvgIpc) is 2.71. The van der Waals surface area contributed by atoms with Gasteiger partial charge in [0.25, 0.3) is 0 Å². The minimum Gasteiger partial charge on any atom is -0.338 e. The van der Waals surface area contributed by atoms with Gasteiger partial charge in [0.1, 0.15) is 0 Å². The van der Waals surface area contributed by atoms with Crippen LogP contribution in [0.3, 0.4) is 0 Å². The average molecular weight is 225 g/mol. The van der Waals surface area contributed by atoms with Gasteiger partial charge in [-0.25, -0.2) is 4.79 Å². The monoisotopic (exact) mass is 225 g/mol. The fourth-order valence-electron chi connectivity index (χ4n) is 2.80. The minimum absolute atomic E-state index is 0.126. The quantitative estimate of drug-likeness (QED) is 0.768. The smallest absolute Gasteiger partial charge is 0.317 e. The van der Waals surface area contributed by atoms with Crippen LogP contribution in [0.1, 0.15) is 33.1 Å². The van der Waals surface area contributed by atoms with E-state index in [0.717, 1.165) is 26.1 Å².